The number of rotatable bonds is 7. The van der Waals surface area contributed by atoms with Crippen molar-refractivity contribution in [2.75, 3.05) is 25.5 Å². The van der Waals surface area contributed by atoms with Crippen LogP contribution in [0.1, 0.15) is 17.0 Å². The lowest BCUT2D eigenvalue weighted by atomic mass is 10.2. The Balaban J connectivity index is 1.94. The number of para-hydroxylation sites is 1. The summed E-state index contributed by atoms with van der Waals surface area (Å²) in [5.41, 5.74) is 3.88. The molecule has 1 amide bonds. The Hall–Kier alpha value is -2.18. The molecule has 0 fully saturated rings. The van der Waals surface area contributed by atoms with Gasteiger partial charge in [0.25, 0.3) is 0 Å². The number of likely N-dealkylation sites (N-methyl/N-ethyl adjacent to an activating group) is 1. The number of amides is 1. The average molecular weight is 316 g/mol. The van der Waals surface area contributed by atoms with Crippen molar-refractivity contribution < 1.29 is 9.90 Å². The first kappa shape index (κ1) is 17.2. The Bertz CT molecular complexity index is 652. The van der Waals surface area contributed by atoms with Crippen LogP contribution in [0.4, 0.5) is 5.69 Å². The summed E-state index contributed by atoms with van der Waals surface area (Å²) in [4.78, 5) is 14.0. The van der Waals surface area contributed by atoms with Crippen LogP contribution in [0.3, 0.4) is 0 Å². The standard InChI is InChI=1S/C17H24N4O2/c1-13-16(14(2)21(19-13)9-10-22)11-20(3)12-17(23)18-15-7-5-4-6-8-15/h4-8,22H,9-12H2,1-3H3,(H,18,23). The molecule has 0 saturated carbocycles. The van der Waals surface area contributed by atoms with E-state index in [0.29, 0.717) is 19.6 Å². The number of carbonyl (C=O) groups is 1. The number of aliphatic hydroxyl groups excluding tert-OH is 1. The third-order valence-corrected chi connectivity index (χ3v) is 3.74. The monoisotopic (exact) mass is 316 g/mol. The molecule has 2 rings (SSSR count). The second-order valence-corrected chi connectivity index (χ2v) is 5.68. The summed E-state index contributed by atoms with van der Waals surface area (Å²) in [5, 5.41) is 16.4. The van der Waals surface area contributed by atoms with E-state index in [-0.39, 0.29) is 12.5 Å². The fraction of sp³-hybridized carbons (Fsp3) is 0.412. The SMILES string of the molecule is Cc1nn(CCO)c(C)c1CN(C)CC(=O)Nc1ccccc1. The van der Waals surface area contributed by atoms with Crippen LogP contribution in [0.2, 0.25) is 0 Å². The summed E-state index contributed by atoms with van der Waals surface area (Å²) in [6.45, 7) is 5.45. The molecular weight excluding hydrogens is 292 g/mol. The van der Waals surface area contributed by atoms with Gasteiger partial charge in [-0.25, -0.2) is 0 Å². The molecule has 6 nitrogen and oxygen atoms in total. The Kier molecular flexibility index (Phi) is 5.90. The van der Waals surface area contributed by atoms with Gasteiger partial charge in [0.2, 0.25) is 5.91 Å². The molecule has 0 aliphatic heterocycles. The van der Waals surface area contributed by atoms with Crippen LogP contribution < -0.4 is 5.32 Å². The molecule has 0 spiro atoms. The van der Waals surface area contributed by atoms with Gasteiger partial charge in [0.1, 0.15) is 0 Å². The lowest BCUT2D eigenvalue weighted by Crippen LogP contribution is -2.30. The maximum atomic E-state index is 12.1. The number of hydrogen-bond acceptors (Lipinski definition) is 4. The molecule has 0 aliphatic rings. The molecule has 23 heavy (non-hydrogen) atoms. The van der Waals surface area contributed by atoms with E-state index in [2.05, 4.69) is 10.4 Å². The van der Waals surface area contributed by atoms with Gasteiger partial charge in [-0.15, -0.1) is 0 Å². The quantitative estimate of drug-likeness (QED) is 0.813. The minimum Gasteiger partial charge on any atom is -0.394 e. The van der Waals surface area contributed by atoms with Crippen molar-refractivity contribution in [3.05, 3.63) is 47.3 Å². The van der Waals surface area contributed by atoms with Gasteiger partial charge in [-0.05, 0) is 33.0 Å². The Morgan fingerprint density at radius 2 is 2.00 bits per heavy atom. The Labute approximate surface area is 136 Å². The maximum absolute atomic E-state index is 12.1. The van der Waals surface area contributed by atoms with Gasteiger partial charge in [-0.1, -0.05) is 18.2 Å². The normalized spacial score (nSPS) is 11.0. The highest BCUT2D eigenvalue weighted by Crippen LogP contribution is 2.15. The van der Waals surface area contributed by atoms with Crippen molar-refractivity contribution in [1.82, 2.24) is 14.7 Å². The zero-order valence-corrected chi connectivity index (χ0v) is 13.9. The van der Waals surface area contributed by atoms with Crippen LogP contribution in [-0.2, 0) is 17.9 Å². The fourth-order valence-electron chi connectivity index (χ4n) is 2.57. The third kappa shape index (κ3) is 4.64. The molecule has 1 aromatic carbocycles. The smallest absolute Gasteiger partial charge is 0.238 e. The molecule has 2 aromatic rings. The van der Waals surface area contributed by atoms with Gasteiger partial charge < -0.3 is 10.4 Å². The minimum atomic E-state index is -0.0447. The molecule has 0 bridgehead atoms. The number of nitrogens with zero attached hydrogens (tertiary/aromatic N) is 3. The van der Waals surface area contributed by atoms with E-state index in [9.17, 15) is 4.79 Å². The summed E-state index contributed by atoms with van der Waals surface area (Å²) in [5.74, 6) is -0.0447. The second kappa shape index (κ2) is 7.89. The first-order valence-corrected chi connectivity index (χ1v) is 7.68. The Morgan fingerprint density at radius 3 is 2.65 bits per heavy atom. The first-order chi connectivity index (χ1) is 11.0. The Morgan fingerprint density at radius 1 is 1.30 bits per heavy atom. The zero-order chi connectivity index (χ0) is 16.8. The molecule has 1 aromatic heterocycles. The summed E-state index contributed by atoms with van der Waals surface area (Å²) in [6.07, 6.45) is 0. The maximum Gasteiger partial charge on any atom is 0.238 e. The number of benzene rings is 1. The molecule has 0 radical (unpaired) electrons. The number of carbonyl (C=O) groups excluding carboxylic acids is 1. The van der Waals surface area contributed by atoms with Gasteiger partial charge in [0, 0.05) is 23.5 Å². The van der Waals surface area contributed by atoms with Gasteiger partial charge in [0.15, 0.2) is 0 Å². The van der Waals surface area contributed by atoms with Crippen molar-refractivity contribution in [2.45, 2.75) is 26.9 Å². The molecule has 0 saturated heterocycles. The van der Waals surface area contributed by atoms with Crippen LogP contribution in [0.15, 0.2) is 30.3 Å². The highest BCUT2D eigenvalue weighted by molar-refractivity contribution is 5.92. The van der Waals surface area contributed by atoms with Crippen molar-refractivity contribution in [2.24, 2.45) is 0 Å². The number of hydrogen-bond donors (Lipinski definition) is 2. The molecule has 124 valence electrons. The molecule has 2 N–H and O–H groups in total. The largest absolute Gasteiger partial charge is 0.394 e. The summed E-state index contributed by atoms with van der Waals surface area (Å²) >= 11 is 0. The third-order valence-electron chi connectivity index (χ3n) is 3.74. The predicted octanol–water partition coefficient (Wildman–Crippen LogP) is 1.56. The molecule has 6 heteroatoms. The molecular formula is C17H24N4O2. The van der Waals surface area contributed by atoms with Crippen LogP contribution in [0, 0.1) is 13.8 Å². The van der Waals surface area contributed by atoms with Crippen molar-refractivity contribution in [3.63, 3.8) is 0 Å². The summed E-state index contributed by atoms with van der Waals surface area (Å²) < 4.78 is 1.81. The van der Waals surface area contributed by atoms with Gasteiger partial charge in [-0.2, -0.15) is 5.10 Å². The van der Waals surface area contributed by atoms with Gasteiger partial charge in [-0.3, -0.25) is 14.4 Å². The molecule has 0 aliphatic carbocycles. The van der Waals surface area contributed by atoms with Crippen LogP contribution >= 0.6 is 0 Å². The molecule has 1 heterocycles. The molecule has 0 unspecified atom stereocenters. The summed E-state index contributed by atoms with van der Waals surface area (Å²) in [6, 6.07) is 9.43. The van der Waals surface area contributed by atoms with Crippen molar-refractivity contribution in [3.8, 4) is 0 Å². The van der Waals surface area contributed by atoms with Crippen molar-refractivity contribution in [1.29, 1.82) is 0 Å². The van der Waals surface area contributed by atoms with E-state index in [1.807, 2.05) is 60.8 Å². The van der Waals surface area contributed by atoms with E-state index >= 15 is 0 Å². The van der Waals surface area contributed by atoms with E-state index in [4.69, 9.17) is 5.11 Å². The lowest BCUT2D eigenvalue weighted by molar-refractivity contribution is -0.117. The predicted molar refractivity (Wildman–Crippen MR) is 90.2 cm³/mol. The van der Waals surface area contributed by atoms with Crippen LogP contribution in [-0.4, -0.2) is 45.9 Å². The lowest BCUT2D eigenvalue weighted by Gasteiger charge is -2.16. The number of aromatic nitrogens is 2. The molecule has 0 atom stereocenters. The van der Waals surface area contributed by atoms with Crippen LogP contribution in [0.5, 0.6) is 0 Å². The minimum absolute atomic E-state index is 0.0447. The first-order valence-electron chi connectivity index (χ1n) is 7.68. The van der Waals surface area contributed by atoms with E-state index in [1.165, 1.54) is 0 Å². The fourth-order valence-corrected chi connectivity index (χ4v) is 2.57. The van der Waals surface area contributed by atoms with Gasteiger partial charge >= 0.3 is 0 Å². The number of aryl methyl sites for hydroxylation is 1. The number of nitrogens with one attached hydrogen (secondary N) is 1. The van der Waals surface area contributed by atoms with E-state index in [0.717, 1.165) is 22.6 Å². The van der Waals surface area contributed by atoms with E-state index in [1.54, 1.807) is 0 Å². The van der Waals surface area contributed by atoms with Crippen molar-refractivity contribution >= 4 is 11.6 Å². The topological polar surface area (TPSA) is 70.4 Å². The number of anilines is 1. The van der Waals surface area contributed by atoms with Crippen LogP contribution in [0.25, 0.3) is 0 Å². The average Bonchev–Trinajstić information content (AvgIpc) is 2.76. The van der Waals surface area contributed by atoms with Gasteiger partial charge in [0.05, 0.1) is 25.4 Å². The zero-order valence-electron chi connectivity index (χ0n) is 13.9. The highest BCUT2D eigenvalue weighted by Gasteiger charge is 2.15. The second-order valence-electron chi connectivity index (χ2n) is 5.68. The van der Waals surface area contributed by atoms with E-state index < -0.39 is 0 Å². The highest BCUT2D eigenvalue weighted by atomic mass is 16.3. The summed E-state index contributed by atoms with van der Waals surface area (Å²) in [7, 11) is 1.91. The number of aliphatic hydroxyl groups is 1.